The standard InChI is InChI=1S/C23H27N3O/c1-16-12-13-17(2)20(14-16)24-22(27)15-26-21-11-7-6-10-19(21)25-23(26)18-8-4-3-5-9-18/h6-7,10-14,18H,3-5,8-9,15H2,1-2H3,(H,24,27). The van der Waals surface area contributed by atoms with Crippen LogP contribution in [-0.2, 0) is 11.3 Å². The number of anilines is 1. The minimum absolute atomic E-state index is 0.00362. The van der Waals surface area contributed by atoms with Gasteiger partial charge in [0.1, 0.15) is 12.4 Å². The third-order valence-electron chi connectivity index (χ3n) is 5.62. The molecule has 3 aromatic rings. The van der Waals surface area contributed by atoms with Crippen LogP contribution in [0.25, 0.3) is 11.0 Å². The third-order valence-corrected chi connectivity index (χ3v) is 5.62. The van der Waals surface area contributed by atoms with Crippen LogP contribution in [0.4, 0.5) is 5.69 Å². The molecule has 0 radical (unpaired) electrons. The van der Waals surface area contributed by atoms with Gasteiger partial charge in [-0.3, -0.25) is 4.79 Å². The van der Waals surface area contributed by atoms with Gasteiger partial charge in [0, 0.05) is 11.6 Å². The van der Waals surface area contributed by atoms with Crippen molar-refractivity contribution in [3.8, 4) is 0 Å². The summed E-state index contributed by atoms with van der Waals surface area (Å²) < 4.78 is 2.13. The highest BCUT2D eigenvalue weighted by molar-refractivity contribution is 5.92. The van der Waals surface area contributed by atoms with Gasteiger partial charge in [-0.1, -0.05) is 43.5 Å². The summed E-state index contributed by atoms with van der Waals surface area (Å²) in [4.78, 5) is 17.8. The van der Waals surface area contributed by atoms with Crippen molar-refractivity contribution in [1.29, 1.82) is 0 Å². The Bertz CT molecular complexity index is 967. The van der Waals surface area contributed by atoms with Crippen LogP contribution < -0.4 is 5.32 Å². The molecule has 2 aromatic carbocycles. The van der Waals surface area contributed by atoms with Crippen molar-refractivity contribution in [3.05, 3.63) is 59.4 Å². The molecule has 4 rings (SSSR count). The number of aryl methyl sites for hydroxylation is 2. The van der Waals surface area contributed by atoms with Crippen LogP contribution in [0.2, 0.25) is 0 Å². The van der Waals surface area contributed by atoms with Crippen LogP contribution in [0, 0.1) is 13.8 Å². The molecule has 0 atom stereocenters. The second-order valence-corrected chi connectivity index (χ2v) is 7.75. The van der Waals surface area contributed by atoms with E-state index in [2.05, 4.69) is 22.0 Å². The van der Waals surface area contributed by atoms with Gasteiger partial charge in [0.05, 0.1) is 11.0 Å². The fourth-order valence-corrected chi connectivity index (χ4v) is 4.14. The first-order chi connectivity index (χ1) is 13.1. The fraction of sp³-hybridized carbons (Fsp3) is 0.391. The van der Waals surface area contributed by atoms with Gasteiger partial charge in [-0.15, -0.1) is 0 Å². The Morgan fingerprint density at radius 3 is 2.70 bits per heavy atom. The summed E-state index contributed by atoms with van der Waals surface area (Å²) >= 11 is 0. The molecule has 0 spiro atoms. The van der Waals surface area contributed by atoms with Crippen LogP contribution in [0.15, 0.2) is 42.5 Å². The molecule has 0 aliphatic heterocycles. The van der Waals surface area contributed by atoms with Gasteiger partial charge in [0.25, 0.3) is 0 Å². The molecule has 1 aliphatic carbocycles. The molecule has 0 saturated heterocycles. The molecule has 1 N–H and O–H groups in total. The quantitative estimate of drug-likeness (QED) is 0.682. The van der Waals surface area contributed by atoms with Gasteiger partial charge in [-0.25, -0.2) is 4.98 Å². The smallest absolute Gasteiger partial charge is 0.244 e. The van der Waals surface area contributed by atoms with Crippen LogP contribution in [0.5, 0.6) is 0 Å². The van der Waals surface area contributed by atoms with Crippen LogP contribution in [0.1, 0.15) is 55.0 Å². The number of carbonyl (C=O) groups excluding carboxylic acids is 1. The number of benzene rings is 2. The molecule has 0 bridgehead atoms. The molecule has 140 valence electrons. The number of rotatable bonds is 4. The monoisotopic (exact) mass is 361 g/mol. The molecular formula is C23H27N3O. The molecule has 1 fully saturated rings. The van der Waals surface area contributed by atoms with E-state index in [1.165, 1.54) is 32.1 Å². The number of carbonyl (C=O) groups is 1. The largest absolute Gasteiger partial charge is 0.324 e. The molecule has 0 unspecified atom stereocenters. The lowest BCUT2D eigenvalue weighted by Crippen LogP contribution is -2.22. The molecule has 27 heavy (non-hydrogen) atoms. The highest BCUT2D eigenvalue weighted by Gasteiger charge is 2.23. The van der Waals surface area contributed by atoms with Gasteiger partial charge >= 0.3 is 0 Å². The van der Waals surface area contributed by atoms with E-state index in [0.717, 1.165) is 33.7 Å². The lowest BCUT2D eigenvalue weighted by Gasteiger charge is -2.22. The first-order valence-corrected chi connectivity index (χ1v) is 9.94. The summed E-state index contributed by atoms with van der Waals surface area (Å²) in [6.45, 7) is 4.37. The molecule has 4 heteroatoms. The molecule has 1 amide bonds. The average molecular weight is 361 g/mol. The van der Waals surface area contributed by atoms with E-state index >= 15 is 0 Å². The number of fused-ring (bicyclic) bond motifs is 1. The zero-order valence-electron chi connectivity index (χ0n) is 16.2. The summed E-state index contributed by atoms with van der Waals surface area (Å²) in [7, 11) is 0. The van der Waals surface area contributed by atoms with Crippen molar-refractivity contribution in [2.45, 2.75) is 58.4 Å². The van der Waals surface area contributed by atoms with E-state index in [4.69, 9.17) is 4.98 Å². The Morgan fingerprint density at radius 1 is 1.11 bits per heavy atom. The molecule has 1 heterocycles. The van der Waals surface area contributed by atoms with Crippen molar-refractivity contribution >= 4 is 22.6 Å². The van der Waals surface area contributed by atoms with Gasteiger partial charge in [-0.2, -0.15) is 0 Å². The maximum absolute atomic E-state index is 12.9. The number of amides is 1. The minimum Gasteiger partial charge on any atom is -0.324 e. The number of nitrogens with one attached hydrogen (secondary N) is 1. The first-order valence-electron chi connectivity index (χ1n) is 9.94. The van der Waals surface area contributed by atoms with Crippen molar-refractivity contribution in [2.75, 3.05) is 5.32 Å². The van der Waals surface area contributed by atoms with Crippen LogP contribution in [0.3, 0.4) is 0 Å². The van der Waals surface area contributed by atoms with Crippen molar-refractivity contribution < 1.29 is 4.79 Å². The maximum atomic E-state index is 12.9. The van der Waals surface area contributed by atoms with Gasteiger partial charge in [0.15, 0.2) is 0 Å². The zero-order valence-corrected chi connectivity index (χ0v) is 16.2. The number of hydrogen-bond acceptors (Lipinski definition) is 2. The Morgan fingerprint density at radius 2 is 1.89 bits per heavy atom. The number of aromatic nitrogens is 2. The fourth-order valence-electron chi connectivity index (χ4n) is 4.14. The SMILES string of the molecule is Cc1ccc(C)c(NC(=O)Cn2c(C3CCCCC3)nc3ccccc32)c1. The minimum atomic E-state index is 0.00362. The molecule has 4 nitrogen and oxygen atoms in total. The van der Waals surface area contributed by atoms with E-state index in [1.807, 2.05) is 44.2 Å². The summed E-state index contributed by atoms with van der Waals surface area (Å²) in [5.41, 5.74) is 5.15. The Balaban J connectivity index is 1.63. The summed E-state index contributed by atoms with van der Waals surface area (Å²) in [6.07, 6.45) is 6.15. The van der Waals surface area contributed by atoms with Gasteiger partial charge in [0.2, 0.25) is 5.91 Å². The van der Waals surface area contributed by atoms with E-state index < -0.39 is 0 Å². The predicted octanol–water partition coefficient (Wildman–Crippen LogP) is 5.34. The highest BCUT2D eigenvalue weighted by atomic mass is 16.1. The van der Waals surface area contributed by atoms with E-state index in [0.29, 0.717) is 12.5 Å². The van der Waals surface area contributed by atoms with Gasteiger partial charge < -0.3 is 9.88 Å². The maximum Gasteiger partial charge on any atom is 0.244 e. The number of hydrogen-bond donors (Lipinski definition) is 1. The lowest BCUT2D eigenvalue weighted by molar-refractivity contribution is -0.116. The number of nitrogens with zero attached hydrogens (tertiary/aromatic N) is 2. The predicted molar refractivity (Wildman–Crippen MR) is 110 cm³/mol. The van der Waals surface area contributed by atoms with E-state index in [-0.39, 0.29) is 5.91 Å². The highest BCUT2D eigenvalue weighted by Crippen LogP contribution is 2.34. The second-order valence-electron chi connectivity index (χ2n) is 7.75. The third kappa shape index (κ3) is 3.75. The zero-order chi connectivity index (χ0) is 18.8. The van der Waals surface area contributed by atoms with Crippen LogP contribution >= 0.6 is 0 Å². The average Bonchev–Trinajstić information content (AvgIpc) is 3.04. The van der Waals surface area contributed by atoms with Crippen molar-refractivity contribution in [2.24, 2.45) is 0 Å². The number of para-hydroxylation sites is 2. The molecule has 1 saturated carbocycles. The van der Waals surface area contributed by atoms with Crippen LogP contribution in [-0.4, -0.2) is 15.5 Å². The molecular weight excluding hydrogens is 334 g/mol. The van der Waals surface area contributed by atoms with Gasteiger partial charge in [-0.05, 0) is 56.0 Å². The van der Waals surface area contributed by atoms with Crippen molar-refractivity contribution in [1.82, 2.24) is 9.55 Å². The first kappa shape index (κ1) is 17.8. The lowest BCUT2D eigenvalue weighted by atomic mass is 9.88. The normalized spacial score (nSPS) is 15.2. The summed E-state index contributed by atoms with van der Waals surface area (Å²) in [5.74, 6) is 1.54. The Hall–Kier alpha value is -2.62. The van der Waals surface area contributed by atoms with E-state index in [1.54, 1.807) is 0 Å². The summed E-state index contributed by atoms with van der Waals surface area (Å²) in [5, 5.41) is 3.10. The Kier molecular flexibility index (Phi) is 4.97. The molecule has 1 aromatic heterocycles. The molecule has 1 aliphatic rings. The topological polar surface area (TPSA) is 46.9 Å². The van der Waals surface area contributed by atoms with E-state index in [9.17, 15) is 4.79 Å². The summed E-state index contributed by atoms with van der Waals surface area (Å²) in [6, 6.07) is 14.3. The Labute approximate surface area is 160 Å². The van der Waals surface area contributed by atoms with Crippen molar-refractivity contribution in [3.63, 3.8) is 0 Å². The second kappa shape index (κ2) is 7.55. The number of imidazole rings is 1.